The normalized spacial score (nSPS) is 10.5. The molecule has 0 radical (unpaired) electrons. The van der Waals surface area contributed by atoms with E-state index in [0.29, 0.717) is 17.3 Å². The van der Waals surface area contributed by atoms with E-state index in [9.17, 15) is 4.79 Å². The summed E-state index contributed by atoms with van der Waals surface area (Å²) in [4.78, 5) is 14.4. The van der Waals surface area contributed by atoms with Crippen LogP contribution in [0.1, 0.15) is 31.1 Å². The van der Waals surface area contributed by atoms with Crippen LogP contribution in [0.3, 0.4) is 0 Å². The molecule has 6 heteroatoms. The summed E-state index contributed by atoms with van der Waals surface area (Å²) in [6, 6.07) is 7.81. The number of esters is 1. The molecule has 0 aliphatic carbocycles. The third kappa shape index (κ3) is 3.39. The van der Waals surface area contributed by atoms with Crippen LogP contribution in [0, 0.1) is 0 Å². The van der Waals surface area contributed by atoms with Crippen molar-refractivity contribution in [3.05, 3.63) is 29.8 Å². The van der Waals surface area contributed by atoms with Crippen molar-refractivity contribution in [2.75, 3.05) is 25.0 Å². The molecule has 1 aromatic carbocycles. The van der Waals surface area contributed by atoms with E-state index in [1.165, 1.54) is 11.3 Å². The predicted octanol–water partition coefficient (Wildman–Crippen LogP) is 4.12. The lowest BCUT2D eigenvalue weighted by Crippen LogP contribution is -2.34. The van der Waals surface area contributed by atoms with Crippen molar-refractivity contribution in [3.8, 4) is 0 Å². The molecule has 2 aromatic rings. The van der Waals surface area contributed by atoms with Gasteiger partial charge in [-0.3, -0.25) is 0 Å². The number of carbonyl (C=O) groups excluding carboxylic acids is 1. The lowest BCUT2D eigenvalue weighted by molar-refractivity contribution is 0.0530. The number of thiocarbonyl (C=S) groups is 1. The molecule has 4 nitrogen and oxygen atoms in total. The maximum atomic E-state index is 12.3. The molecular formula is C16H20N2O2S2. The van der Waals surface area contributed by atoms with Crippen LogP contribution < -0.4 is 5.32 Å². The Kier molecular flexibility index (Phi) is 5.74. The highest BCUT2D eigenvalue weighted by Gasteiger charge is 2.21. The quantitative estimate of drug-likeness (QED) is 0.657. The second kappa shape index (κ2) is 7.56. The molecule has 0 unspecified atom stereocenters. The fraction of sp³-hybridized carbons (Fsp3) is 0.375. The summed E-state index contributed by atoms with van der Waals surface area (Å²) in [6.45, 7) is 7.90. The van der Waals surface area contributed by atoms with Crippen LogP contribution in [0.2, 0.25) is 0 Å². The van der Waals surface area contributed by atoms with Gasteiger partial charge in [0.1, 0.15) is 10.6 Å². The van der Waals surface area contributed by atoms with Crippen molar-refractivity contribution < 1.29 is 9.53 Å². The number of thiophene rings is 1. The molecule has 2 rings (SSSR count). The molecule has 22 heavy (non-hydrogen) atoms. The molecule has 0 fully saturated rings. The Morgan fingerprint density at radius 3 is 2.59 bits per heavy atom. The zero-order valence-electron chi connectivity index (χ0n) is 13.0. The minimum absolute atomic E-state index is 0.315. The molecule has 118 valence electrons. The van der Waals surface area contributed by atoms with E-state index in [4.69, 9.17) is 17.0 Å². The average Bonchev–Trinajstić information content (AvgIpc) is 2.86. The van der Waals surface area contributed by atoms with E-state index in [2.05, 4.69) is 19.2 Å². The van der Waals surface area contributed by atoms with Crippen molar-refractivity contribution in [1.29, 1.82) is 0 Å². The molecular weight excluding hydrogens is 316 g/mol. The van der Waals surface area contributed by atoms with Crippen molar-refractivity contribution in [2.45, 2.75) is 20.8 Å². The summed E-state index contributed by atoms with van der Waals surface area (Å²) in [5.74, 6) is -0.315. The van der Waals surface area contributed by atoms with Gasteiger partial charge >= 0.3 is 5.97 Å². The predicted molar refractivity (Wildman–Crippen MR) is 96.9 cm³/mol. The van der Waals surface area contributed by atoms with Gasteiger partial charge in [-0.1, -0.05) is 18.2 Å². The highest BCUT2D eigenvalue weighted by molar-refractivity contribution is 7.80. The first-order valence-corrected chi connectivity index (χ1v) is 8.59. The molecule has 0 aliphatic rings. The van der Waals surface area contributed by atoms with Gasteiger partial charge in [-0.25, -0.2) is 4.79 Å². The van der Waals surface area contributed by atoms with Gasteiger partial charge in [0.15, 0.2) is 5.11 Å². The summed E-state index contributed by atoms with van der Waals surface area (Å²) < 4.78 is 6.24. The van der Waals surface area contributed by atoms with E-state index < -0.39 is 0 Å². The standard InChI is InChI=1S/C16H20N2O2S2/c1-4-18(5-2)16(21)17-14-13(15(19)20-6-3)11-9-7-8-10-12(11)22-14/h7-10H,4-6H2,1-3H3,(H,17,21). The van der Waals surface area contributed by atoms with Crippen LogP contribution >= 0.6 is 23.6 Å². The molecule has 0 aliphatic heterocycles. The van der Waals surface area contributed by atoms with E-state index in [-0.39, 0.29) is 5.97 Å². The van der Waals surface area contributed by atoms with E-state index in [1.807, 2.05) is 29.2 Å². The molecule has 0 amide bonds. The number of ether oxygens (including phenoxy) is 1. The zero-order chi connectivity index (χ0) is 16.1. The first kappa shape index (κ1) is 16.7. The van der Waals surface area contributed by atoms with Crippen molar-refractivity contribution in [1.82, 2.24) is 4.90 Å². The highest BCUT2D eigenvalue weighted by atomic mass is 32.1. The van der Waals surface area contributed by atoms with Gasteiger partial charge in [0.2, 0.25) is 0 Å². The zero-order valence-corrected chi connectivity index (χ0v) is 14.6. The Bertz CT molecular complexity index is 678. The smallest absolute Gasteiger partial charge is 0.341 e. The number of hydrogen-bond donors (Lipinski definition) is 1. The molecule has 0 spiro atoms. The maximum absolute atomic E-state index is 12.3. The van der Waals surface area contributed by atoms with E-state index in [1.54, 1.807) is 6.92 Å². The van der Waals surface area contributed by atoms with Gasteiger partial charge in [0.05, 0.1) is 6.61 Å². The number of rotatable bonds is 5. The summed E-state index contributed by atoms with van der Waals surface area (Å²) >= 11 is 6.96. The number of hydrogen-bond acceptors (Lipinski definition) is 4. The van der Waals surface area contributed by atoms with Crippen LogP contribution in [-0.4, -0.2) is 35.7 Å². The Morgan fingerprint density at radius 1 is 1.27 bits per heavy atom. The van der Waals surface area contributed by atoms with Crippen molar-refractivity contribution in [2.24, 2.45) is 0 Å². The first-order chi connectivity index (χ1) is 10.6. The van der Waals surface area contributed by atoms with Crippen LogP contribution in [0.25, 0.3) is 10.1 Å². The molecule has 1 N–H and O–H groups in total. The number of fused-ring (bicyclic) bond motifs is 1. The third-order valence-corrected chi connectivity index (χ3v) is 4.79. The topological polar surface area (TPSA) is 41.6 Å². The van der Waals surface area contributed by atoms with Gasteiger partial charge in [-0.05, 0) is 39.1 Å². The summed E-state index contributed by atoms with van der Waals surface area (Å²) in [7, 11) is 0. The van der Waals surface area contributed by atoms with Gasteiger partial charge in [0.25, 0.3) is 0 Å². The van der Waals surface area contributed by atoms with E-state index >= 15 is 0 Å². The second-order valence-corrected chi connectivity index (χ2v) is 6.06. The number of nitrogens with one attached hydrogen (secondary N) is 1. The average molecular weight is 336 g/mol. The maximum Gasteiger partial charge on any atom is 0.341 e. The largest absolute Gasteiger partial charge is 0.462 e. The highest BCUT2D eigenvalue weighted by Crippen LogP contribution is 2.36. The van der Waals surface area contributed by atoms with E-state index in [0.717, 1.165) is 28.2 Å². The minimum atomic E-state index is -0.315. The monoisotopic (exact) mass is 336 g/mol. The Morgan fingerprint density at radius 2 is 1.95 bits per heavy atom. The summed E-state index contributed by atoms with van der Waals surface area (Å²) in [5.41, 5.74) is 0.567. The van der Waals surface area contributed by atoms with Gasteiger partial charge in [-0.2, -0.15) is 0 Å². The van der Waals surface area contributed by atoms with Crippen LogP contribution in [0.15, 0.2) is 24.3 Å². The van der Waals surface area contributed by atoms with Gasteiger partial charge in [-0.15, -0.1) is 11.3 Å². The lowest BCUT2D eigenvalue weighted by Gasteiger charge is -2.22. The Balaban J connectivity index is 2.42. The number of anilines is 1. The first-order valence-electron chi connectivity index (χ1n) is 7.36. The second-order valence-electron chi connectivity index (χ2n) is 4.63. The summed E-state index contributed by atoms with van der Waals surface area (Å²) in [6.07, 6.45) is 0. The lowest BCUT2D eigenvalue weighted by atomic mass is 10.1. The van der Waals surface area contributed by atoms with Crippen molar-refractivity contribution in [3.63, 3.8) is 0 Å². The summed E-state index contributed by atoms with van der Waals surface area (Å²) in [5, 5.41) is 5.49. The van der Waals surface area contributed by atoms with Crippen LogP contribution in [0.5, 0.6) is 0 Å². The Labute approximate surface area is 140 Å². The van der Waals surface area contributed by atoms with Gasteiger partial charge < -0.3 is 15.0 Å². The number of benzene rings is 1. The molecule has 0 saturated heterocycles. The Hall–Kier alpha value is -1.66. The van der Waals surface area contributed by atoms with Crippen molar-refractivity contribution >= 4 is 49.7 Å². The number of nitrogens with zero attached hydrogens (tertiary/aromatic N) is 1. The molecule has 0 bridgehead atoms. The molecule has 1 heterocycles. The van der Waals surface area contributed by atoms with Gasteiger partial charge in [0, 0.05) is 23.2 Å². The fourth-order valence-electron chi connectivity index (χ4n) is 2.23. The van der Waals surface area contributed by atoms with Crippen LogP contribution in [0.4, 0.5) is 5.00 Å². The molecule has 1 aromatic heterocycles. The minimum Gasteiger partial charge on any atom is -0.462 e. The third-order valence-electron chi connectivity index (χ3n) is 3.35. The SMILES string of the molecule is CCOC(=O)c1c(NC(=S)N(CC)CC)sc2ccccc12. The van der Waals surface area contributed by atoms with Crippen LogP contribution in [-0.2, 0) is 4.74 Å². The molecule has 0 saturated carbocycles. The fourth-order valence-corrected chi connectivity index (χ4v) is 3.74. The number of carbonyl (C=O) groups is 1. The molecule has 0 atom stereocenters.